The van der Waals surface area contributed by atoms with Gasteiger partial charge in [0.25, 0.3) is 0 Å². The number of benzene rings is 1. The molecular weight excluding hydrogens is 242 g/mol. The Morgan fingerprint density at radius 2 is 1.84 bits per heavy atom. The summed E-state index contributed by atoms with van der Waals surface area (Å²) in [7, 11) is 0. The van der Waals surface area contributed by atoms with Crippen LogP contribution in [0, 0.1) is 5.92 Å². The Morgan fingerprint density at radius 1 is 1.21 bits per heavy atom. The maximum absolute atomic E-state index is 9.97. The Morgan fingerprint density at radius 3 is 2.47 bits per heavy atom. The molecule has 1 aliphatic rings. The standard InChI is InChI=1S/C15H23NO3/c1-4-11(5-2)10(3)16-8-12-6-14-15(7-13(12)17)19-9-18-14/h6-7,10-11,16-17H,4-5,8-9H2,1-3H3. The van der Waals surface area contributed by atoms with Gasteiger partial charge in [-0.25, -0.2) is 0 Å². The molecule has 0 saturated heterocycles. The van der Waals surface area contributed by atoms with Crippen LogP contribution < -0.4 is 14.8 Å². The van der Waals surface area contributed by atoms with Crippen molar-refractivity contribution in [1.82, 2.24) is 5.32 Å². The summed E-state index contributed by atoms with van der Waals surface area (Å²) in [5.74, 6) is 2.25. The van der Waals surface area contributed by atoms with Crippen LogP contribution in [-0.2, 0) is 6.54 Å². The average Bonchev–Trinajstić information content (AvgIpc) is 2.84. The normalized spacial score (nSPS) is 14.9. The zero-order valence-corrected chi connectivity index (χ0v) is 11.9. The summed E-state index contributed by atoms with van der Waals surface area (Å²) in [6.45, 7) is 7.49. The van der Waals surface area contributed by atoms with Crippen molar-refractivity contribution in [2.24, 2.45) is 5.92 Å². The maximum atomic E-state index is 9.97. The van der Waals surface area contributed by atoms with Crippen molar-refractivity contribution in [2.45, 2.75) is 46.2 Å². The van der Waals surface area contributed by atoms with Crippen molar-refractivity contribution in [2.75, 3.05) is 6.79 Å². The van der Waals surface area contributed by atoms with Gasteiger partial charge in [-0.15, -0.1) is 0 Å². The van der Waals surface area contributed by atoms with Crippen molar-refractivity contribution < 1.29 is 14.6 Å². The summed E-state index contributed by atoms with van der Waals surface area (Å²) in [5, 5.41) is 13.4. The molecule has 106 valence electrons. The first-order valence-electron chi connectivity index (χ1n) is 7.00. The quantitative estimate of drug-likeness (QED) is 0.830. The second-order valence-electron chi connectivity index (χ2n) is 5.08. The van der Waals surface area contributed by atoms with Gasteiger partial charge in [-0.05, 0) is 18.9 Å². The van der Waals surface area contributed by atoms with Gasteiger partial charge in [0.05, 0.1) is 0 Å². The molecule has 1 heterocycles. The van der Waals surface area contributed by atoms with E-state index in [1.54, 1.807) is 6.07 Å². The van der Waals surface area contributed by atoms with Gasteiger partial charge < -0.3 is 19.9 Å². The van der Waals surface area contributed by atoms with Gasteiger partial charge in [0.1, 0.15) is 5.75 Å². The van der Waals surface area contributed by atoms with Crippen LogP contribution in [0.25, 0.3) is 0 Å². The minimum atomic E-state index is 0.232. The third-order valence-corrected chi connectivity index (χ3v) is 3.94. The molecule has 0 bridgehead atoms. The maximum Gasteiger partial charge on any atom is 0.231 e. The highest BCUT2D eigenvalue weighted by Gasteiger charge is 2.18. The van der Waals surface area contributed by atoms with Crippen molar-refractivity contribution in [3.05, 3.63) is 17.7 Å². The molecule has 2 N–H and O–H groups in total. The number of hydrogen-bond acceptors (Lipinski definition) is 4. The van der Waals surface area contributed by atoms with E-state index in [1.165, 1.54) is 0 Å². The lowest BCUT2D eigenvalue weighted by Gasteiger charge is -2.22. The van der Waals surface area contributed by atoms with E-state index in [2.05, 4.69) is 26.1 Å². The van der Waals surface area contributed by atoms with Gasteiger partial charge in [-0.1, -0.05) is 26.7 Å². The van der Waals surface area contributed by atoms with E-state index in [-0.39, 0.29) is 12.5 Å². The third-order valence-electron chi connectivity index (χ3n) is 3.94. The summed E-state index contributed by atoms with van der Waals surface area (Å²) in [4.78, 5) is 0. The lowest BCUT2D eigenvalue weighted by atomic mass is 9.95. The predicted molar refractivity (Wildman–Crippen MR) is 74.6 cm³/mol. The molecule has 1 aromatic rings. The molecular formula is C15H23NO3. The van der Waals surface area contributed by atoms with E-state index in [4.69, 9.17) is 9.47 Å². The molecule has 0 radical (unpaired) electrons. The van der Waals surface area contributed by atoms with Crippen LogP contribution in [0.15, 0.2) is 12.1 Å². The Balaban J connectivity index is 2.00. The smallest absolute Gasteiger partial charge is 0.231 e. The van der Waals surface area contributed by atoms with Crippen molar-refractivity contribution in [1.29, 1.82) is 0 Å². The average molecular weight is 265 g/mol. The van der Waals surface area contributed by atoms with Crippen molar-refractivity contribution in [3.8, 4) is 17.2 Å². The fourth-order valence-electron chi connectivity index (χ4n) is 2.55. The van der Waals surface area contributed by atoms with Crippen LogP contribution in [0.5, 0.6) is 17.2 Å². The van der Waals surface area contributed by atoms with Crippen LogP contribution in [0.3, 0.4) is 0 Å². The Labute approximate surface area is 114 Å². The zero-order valence-electron chi connectivity index (χ0n) is 11.9. The summed E-state index contributed by atoms with van der Waals surface area (Å²) in [6, 6.07) is 3.91. The number of ether oxygens (including phenoxy) is 2. The van der Waals surface area contributed by atoms with Gasteiger partial charge in [0.2, 0.25) is 6.79 Å². The first kappa shape index (κ1) is 14.0. The first-order chi connectivity index (χ1) is 9.15. The zero-order chi connectivity index (χ0) is 13.8. The predicted octanol–water partition coefficient (Wildman–Crippen LogP) is 3.04. The molecule has 1 unspecified atom stereocenters. The number of aromatic hydroxyl groups is 1. The molecule has 2 rings (SSSR count). The Kier molecular flexibility index (Phi) is 4.53. The monoisotopic (exact) mass is 265 g/mol. The highest BCUT2D eigenvalue weighted by molar-refractivity contribution is 5.51. The topological polar surface area (TPSA) is 50.7 Å². The van der Waals surface area contributed by atoms with E-state index in [1.807, 2.05) is 6.07 Å². The molecule has 19 heavy (non-hydrogen) atoms. The molecule has 1 atom stereocenters. The number of fused-ring (bicyclic) bond motifs is 1. The summed E-state index contributed by atoms with van der Waals surface area (Å²) in [6.07, 6.45) is 2.33. The highest BCUT2D eigenvalue weighted by Crippen LogP contribution is 2.37. The van der Waals surface area contributed by atoms with Crippen LogP contribution >= 0.6 is 0 Å². The Bertz CT molecular complexity index is 430. The number of hydrogen-bond donors (Lipinski definition) is 2. The van der Waals surface area contributed by atoms with E-state index in [9.17, 15) is 5.11 Å². The molecule has 1 aliphatic heterocycles. The second kappa shape index (κ2) is 6.15. The van der Waals surface area contributed by atoms with Gasteiger partial charge in [-0.2, -0.15) is 0 Å². The molecule has 0 aliphatic carbocycles. The van der Waals surface area contributed by atoms with Crippen LogP contribution in [0.1, 0.15) is 39.2 Å². The molecule has 0 amide bonds. The Hall–Kier alpha value is -1.42. The van der Waals surface area contributed by atoms with Gasteiger partial charge >= 0.3 is 0 Å². The van der Waals surface area contributed by atoms with Gasteiger partial charge in [0, 0.05) is 24.2 Å². The lowest BCUT2D eigenvalue weighted by Crippen LogP contribution is -2.32. The number of phenolic OH excluding ortho intramolecular Hbond substituents is 1. The lowest BCUT2D eigenvalue weighted by molar-refractivity contribution is 0.174. The molecule has 0 aromatic heterocycles. The SMILES string of the molecule is CCC(CC)C(C)NCc1cc2c(cc1O)OCO2. The van der Waals surface area contributed by atoms with E-state index < -0.39 is 0 Å². The minimum Gasteiger partial charge on any atom is -0.507 e. The van der Waals surface area contributed by atoms with E-state index in [0.29, 0.717) is 30.0 Å². The second-order valence-corrected chi connectivity index (χ2v) is 5.08. The van der Waals surface area contributed by atoms with Crippen molar-refractivity contribution >= 4 is 0 Å². The van der Waals surface area contributed by atoms with Crippen LogP contribution in [-0.4, -0.2) is 17.9 Å². The van der Waals surface area contributed by atoms with Gasteiger partial charge in [0.15, 0.2) is 11.5 Å². The van der Waals surface area contributed by atoms with Crippen LogP contribution in [0.4, 0.5) is 0 Å². The fourth-order valence-corrected chi connectivity index (χ4v) is 2.55. The van der Waals surface area contributed by atoms with E-state index >= 15 is 0 Å². The van der Waals surface area contributed by atoms with Gasteiger partial charge in [-0.3, -0.25) is 0 Å². The number of phenols is 1. The summed E-state index contributed by atoms with van der Waals surface area (Å²) >= 11 is 0. The minimum absolute atomic E-state index is 0.232. The molecule has 0 spiro atoms. The highest BCUT2D eigenvalue weighted by atomic mass is 16.7. The first-order valence-corrected chi connectivity index (χ1v) is 7.00. The molecule has 0 fully saturated rings. The summed E-state index contributed by atoms with van der Waals surface area (Å²) in [5.41, 5.74) is 0.849. The van der Waals surface area contributed by atoms with E-state index in [0.717, 1.165) is 18.4 Å². The molecule has 4 heteroatoms. The van der Waals surface area contributed by atoms with Crippen molar-refractivity contribution in [3.63, 3.8) is 0 Å². The molecule has 4 nitrogen and oxygen atoms in total. The number of rotatable bonds is 6. The third kappa shape index (κ3) is 3.13. The fraction of sp³-hybridized carbons (Fsp3) is 0.600. The summed E-state index contributed by atoms with van der Waals surface area (Å²) < 4.78 is 10.6. The molecule has 0 saturated carbocycles. The number of nitrogens with one attached hydrogen (secondary N) is 1. The van der Waals surface area contributed by atoms with Crippen LogP contribution in [0.2, 0.25) is 0 Å². The largest absolute Gasteiger partial charge is 0.507 e. The molecule has 1 aromatic carbocycles.